The van der Waals surface area contributed by atoms with Gasteiger partial charge in [-0.25, -0.2) is 0 Å². The molecule has 2 nitrogen and oxygen atoms in total. The van der Waals surface area contributed by atoms with E-state index in [2.05, 4.69) is 11.9 Å². The number of likely N-dealkylation sites (N-methyl/N-ethyl adjacent to an activating group) is 1. The summed E-state index contributed by atoms with van der Waals surface area (Å²) < 4.78 is 5.26. The van der Waals surface area contributed by atoms with Gasteiger partial charge in [-0.15, -0.1) is 0 Å². The number of likely N-dealkylation sites (tertiary alicyclic amines) is 1. The smallest absolute Gasteiger partial charge is 0.0625 e. The summed E-state index contributed by atoms with van der Waals surface area (Å²) in [6.07, 6.45) is 0. The summed E-state index contributed by atoms with van der Waals surface area (Å²) in [5.74, 6) is 0.875. The highest BCUT2D eigenvalue weighted by Gasteiger charge is 2.40. The van der Waals surface area contributed by atoms with E-state index in [1.54, 1.807) is 0 Å². The lowest BCUT2D eigenvalue weighted by atomic mass is 9.93. The van der Waals surface area contributed by atoms with E-state index < -0.39 is 0 Å². The van der Waals surface area contributed by atoms with E-state index in [0.29, 0.717) is 0 Å². The Kier molecular flexibility index (Phi) is 0.866. The van der Waals surface area contributed by atoms with Gasteiger partial charge < -0.3 is 9.64 Å². The number of hydrogen-bond acceptors (Lipinski definition) is 2. The minimum Gasteiger partial charge on any atom is -0.379 e. The molecular formula is C6H11NO. The normalized spacial score (nSPS) is 46.1. The molecule has 0 saturated carbocycles. The fourth-order valence-corrected chi connectivity index (χ4v) is 1.62. The van der Waals surface area contributed by atoms with E-state index in [4.69, 9.17) is 4.74 Å². The van der Waals surface area contributed by atoms with Crippen molar-refractivity contribution in [2.45, 2.75) is 6.04 Å². The van der Waals surface area contributed by atoms with Crippen LogP contribution in [0.15, 0.2) is 0 Å². The van der Waals surface area contributed by atoms with Gasteiger partial charge in [0.1, 0.15) is 0 Å². The Morgan fingerprint density at radius 2 is 2.38 bits per heavy atom. The average Bonchev–Trinajstić information content (AvgIpc) is 2.09. The van der Waals surface area contributed by atoms with Crippen LogP contribution in [-0.2, 0) is 4.74 Å². The van der Waals surface area contributed by atoms with Crippen LogP contribution in [0.2, 0.25) is 0 Å². The zero-order chi connectivity index (χ0) is 5.56. The van der Waals surface area contributed by atoms with Crippen molar-refractivity contribution in [1.29, 1.82) is 0 Å². The summed E-state index contributed by atoms with van der Waals surface area (Å²) in [5.41, 5.74) is 0. The standard InChI is InChI=1S/C6H11NO/c1-7-2-5-3-8-4-6(5)7/h5-6H,2-4H2,1H3/t5-,6+/m0/s1. The number of hydrogen-bond donors (Lipinski definition) is 0. The highest BCUT2D eigenvalue weighted by Crippen LogP contribution is 2.28. The molecule has 2 saturated heterocycles. The van der Waals surface area contributed by atoms with Gasteiger partial charge in [-0.2, -0.15) is 0 Å². The van der Waals surface area contributed by atoms with Crippen molar-refractivity contribution in [3.63, 3.8) is 0 Å². The third-order valence-corrected chi connectivity index (χ3v) is 2.25. The fraction of sp³-hybridized carbons (Fsp3) is 1.00. The van der Waals surface area contributed by atoms with E-state index in [-0.39, 0.29) is 0 Å². The molecule has 0 spiro atoms. The topological polar surface area (TPSA) is 12.5 Å². The van der Waals surface area contributed by atoms with Crippen LogP contribution in [0.25, 0.3) is 0 Å². The molecule has 46 valence electrons. The quantitative estimate of drug-likeness (QED) is 0.436. The molecule has 0 bridgehead atoms. The first-order chi connectivity index (χ1) is 3.88. The molecular weight excluding hydrogens is 102 g/mol. The van der Waals surface area contributed by atoms with Crippen LogP contribution in [0.5, 0.6) is 0 Å². The SMILES string of the molecule is CN1C[C@H]2COC[C@H]21. The Labute approximate surface area is 49.4 Å². The van der Waals surface area contributed by atoms with E-state index in [1.807, 2.05) is 0 Å². The largest absolute Gasteiger partial charge is 0.379 e. The summed E-state index contributed by atoms with van der Waals surface area (Å²) in [6.45, 7) is 3.24. The maximum absolute atomic E-state index is 5.26. The second kappa shape index (κ2) is 1.45. The molecule has 2 aliphatic rings. The van der Waals surface area contributed by atoms with Crippen LogP contribution in [0, 0.1) is 5.92 Å². The van der Waals surface area contributed by atoms with Gasteiger partial charge in [0.15, 0.2) is 0 Å². The first-order valence-electron chi connectivity index (χ1n) is 3.16. The predicted octanol–water partition coefficient (Wildman–Crippen LogP) is -0.0532. The minimum absolute atomic E-state index is 0.773. The summed E-state index contributed by atoms with van der Waals surface area (Å²) >= 11 is 0. The summed E-state index contributed by atoms with van der Waals surface area (Å²) in [6, 6.07) is 0.773. The Morgan fingerprint density at radius 3 is 2.88 bits per heavy atom. The first-order valence-corrected chi connectivity index (χ1v) is 3.16. The Balaban J connectivity index is 2.02. The molecule has 0 radical (unpaired) electrons. The molecule has 0 unspecified atom stereocenters. The summed E-state index contributed by atoms with van der Waals surface area (Å²) in [4.78, 5) is 2.36. The van der Waals surface area contributed by atoms with Crippen molar-refractivity contribution in [2.75, 3.05) is 26.8 Å². The van der Waals surface area contributed by atoms with Crippen molar-refractivity contribution in [3.8, 4) is 0 Å². The van der Waals surface area contributed by atoms with Crippen molar-refractivity contribution < 1.29 is 4.74 Å². The first kappa shape index (κ1) is 4.77. The van der Waals surface area contributed by atoms with Crippen molar-refractivity contribution >= 4 is 0 Å². The monoisotopic (exact) mass is 113 g/mol. The van der Waals surface area contributed by atoms with Gasteiger partial charge in [-0.05, 0) is 7.05 Å². The van der Waals surface area contributed by atoms with Gasteiger partial charge >= 0.3 is 0 Å². The highest BCUT2D eigenvalue weighted by molar-refractivity contribution is 4.92. The Bertz CT molecular complexity index is 105. The molecule has 2 heteroatoms. The Hall–Kier alpha value is -0.0800. The number of ether oxygens (including phenoxy) is 1. The van der Waals surface area contributed by atoms with Crippen LogP contribution in [0.1, 0.15) is 0 Å². The van der Waals surface area contributed by atoms with Crippen LogP contribution in [0.3, 0.4) is 0 Å². The van der Waals surface area contributed by atoms with Gasteiger partial charge in [0.25, 0.3) is 0 Å². The second-order valence-electron chi connectivity index (χ2n) is 2.80. The third-order valence-electron chi connectivity index (χ3n) is 2.25. The molecule has 0 aromatic heterocycles. The molecule has 0 amide bonds. The zero-order valence-electron chi connectivity index (χ0n) is 5.13. The van der Waals surface area contributed by atoms with Crippen LogP contribution in [-0.4, -0.2) is 37.7 Å². The molecule has 2 fully saturated rings. The van der Waals surface area contributed by atoms with Gasteiger partial charge in [-0.1, -0.05) is 0 Å². The second-order valence-corrected chi connectivity index (χ2v) is 2.80. The van der Waals surface area contributed by atoms with Crippen molar-refractivity contribution in [1.82, 2.24) is 4.90 Å². The number of fused-ring (bicyclic) bond motifs is 1. The zero-order valence-corrected chi connectivity index (χ0v) is 5.13. The van der Waals surface area contributed by atoms with Crippen LogP contribution in [0.4, 0.5) is 0 Å². The lowest BCUT2D eigenvalue weighted by molar-refractivity contribution is 0.0820. The molecule has 8 heavy (non-hydrogen) atoms. The minimum atomic E-state index is 0.773. The number of nitrogens with zero attached hydrogens (tertiary/aromatic N) is 1. The average molecular weight is 113 g/mol. The molecule has 0 aromatic carbocycles. The van der Waals surface area contributed by atoms with E-state index in [9.17, 15) is 0 Å². The fourth-order valence-electron chi connectivity index (χ4n) is 1.62. The molecule has 2 heterocycles. The van der Waals surface area contributed by atoms with E-state index in [0.717, 1.165) is 25.2 Å². The highest BCUT2D eigenvalue weighted by atomic mass is 16.5. The maximum atomic E-state index is 5.26. The summed E-state index contributed by atoms with van der Waals surface area (Å²) in [7, 11) is 2.16. The van der Waals surface area contributed by atoms with Gasteiger partial charge in [0.05, 0.1) is 13.2 Å². The lowest BCUT2D eigenvalue weighted by Crippen LogP contribution is -2.52. The van der Waals surface area contributed by atoms with Crippen molar-refractivity contribution in [2.24, 2.45) is 5.92 Å². The molecule has 0 N–H and O–H groups in total. The third kappa shape index (κ3) is 0.446. The molecule has 2 rings (SSSR count). The lowest BCUT2D eigenvalue weighted by Gasteiger charge is -2.39. The van der Waals surface area contributed by atoms with Gasteiger partial charge in [0, 0.05) is 18.5 Å². The molecule has 2 atom stereocenters. The number of rotatable bonds is 0. The Morgan fingerprint density at radius 1 is 1.50 bits per heavy atom. The van der Waals surface area contributed by atoms with Crippen LogP contribution < -0.4 is 0 Å². The molecule has 0 aromatic rings. The maximum Gasteiger partial charge on any atom is 0.0625 e. The summed E-state index contributed by atoms with van der Waals surface area (Å²) in [5, 5.41) is 0. The van der Waals surface area contributed by atoms with Crippen molar-refractivity contribution in [3.05, 3.63) is 0 Å². The molecule has 2 aliphatic heterocycles. The van der Waals surface area contributed by atoms with Gasteiger partial charge in [-0.3, -0.25) is 0 Å². The molecule has 0 aliphatic carbocycles. The van der Waals surface area contributed by atoms with E-state index in [1.165, 1.54) is 6.54 Å². The van der Waals surface area contributed by atoms with E-state index >= 15 is 0 Å². The van der Waals surface area contributed by atoms with Gasteiger partial charge in [0.2, 0.25) is 0 Å². The predicted molar refractivity (Wildman–Crippen MR) is 30.7 cm³/mol. The van der Waals surface area contributed by atoms with Crippen LogP contribution >= 0.6 is 0 Å².